The maximum Gasteiger partial charge on any atom is 0.247 e. The van der Waals surface area contributed by atoms with E-state index in [1.807, 2.05) is 53.4 Å². The maximum absolute atomic E-state index is 12.8. The zero-order valence-electron chi connectivity index (χ0n) is 14.1. The van der Waals surface area contributed by atoms with Gasteiger partial charge in [0.25, 0.3) is 0 Å². The van der Waals surface area contributed by atoms with Gasteiger partial charge in [0, 0.05) is 42.3 Å². The Labute approximate surface area is 158 Å². The summed E-state index contributed by atoms with van der Waals surface area (Å²) in [6.07, 6.45) is 1.72. The first-order valence-electron chi connectivity index (χ1n) is 8.24. The second-order valence-corrected chi connectivity index (χ2v) is 7.07. The molecule has 1 fully saturated rings. The monoisotopic (exact) mass is 374 g/mol. The van der Waals surface area contributed by atoms with Crippen LogP contribution in [-0.2, 0) is 4.79 Å². The topological polar surface area (TPSA) is 23.6 Å². The molecule has 0 aromatic heterocycles. The van der Waals surface area contributed by atoms with Crippen LogP contribution >= 0.6 is 23.2 Å². The van der Waals surface area contributed by atoms with Gasteiger partial charge < -0.3 is 9.80 Å². The standard InChI is InChI=1S/C20H20Cl2N2O/c1-23-10-12-24(13-11-23)20(25)14-19(15-2-6-17(21)7-3-15)16-4-8-18(22)9-5-16/h2-9,14H,10-13H2,1H3. The maximum atomic E-state index is 12.8. The lowest BCUT2D eigenvalue weighted by Crippen LogP contribution is -2.46. The van der Waals surface area contributed by atoms with E-state index in [1.54, 1.807) is 6.08 Å². The van der Waals surface area contributed by atoms with Gasteiger partial charge in [-0.1, -0.05) is 47.5 Å². The molecule has 1 aliphatic rings. The van der Waals surface area contributed by atoms with Crippen molar-refractivity contribution < 1.29 is 4.79 Å². The van der Waals surface area contributed by atoms with E-state index in [9.17, 15) is 4.79 Å². The molecule has 0 bridgehead atoms. The fourth-order valence-electron chi connectivity index (χ4n) is 2.83. The Bertz CT molecular complexity index is 714. The highest BCUT2D eigenvalue weighted by Gasteiger charge is 2.18. The van der Waals surface area contributed by atoms with E-state index in [0.29, 0.717) is 10.0 Å². The predicted molar refractivity (Wildman–Crippen MR) is 104 cm³/mol. The number of halogens is 2. The highest BCUT2D eigenvalue weighted by Crippen LogP contribution is 2.26. The van der Waals surface area contributed by atoms with Gasteiger partial charge >= 0.3 is 0 Å². The number of piperazine rings is 1. The molecule has 3 rings (SSSR count). The van der Waals surface area contributed by atoms with Gasteiger partial charge in [0.05, 0.1) is 0 Å². The third kappa shape index (κ3) is 4.63. The van der Waals surface area contributed by atoms with Crippen molar-refractivity contribution >= 4 is 34.7 Å². The van der Waals surface area contributed by atoms with Gasteiger partial charge in [0.2, 0.25) is 5.91 Å². The molecule has 0 N–H and O–H groups in total. The first-order valence-corrected chi connectivity index (χ1v) is 8.99. The van der Waals surface area contributed by atoms with Gasteiger partial charge in [-0.25, -0.2) is 0 Å². The van der Waals surface area contributed by atoms with Crippen LogP contribution in [0.2, 0.25) is 10.0 Å². The second-order valence-electron chi connectivity index (χ2n) is 6.20. The average molecular weight is 375 g/mol. The molecule has 0 unspecified atom stereocenters. The van der Waals surface area contributed by atoms with Gasteiger partial charge in [-0.15, -0.1) is 0 Å². The Balaban J connectivity index is 1.94. The third-order valence-corrected chi connectivity index (χ3v) is 4.90. The first kappa shape index (κ1) is 18.0. The van der Waals surface area contributed by atoms with Gasteiger partial charge in [-0.3, -0.25) is 4.79 Å². The molecule has 1 amide bonds. The molecule has 130 valence electrons. The van der Waals surface area contributed by atoms with E-state index in [4.69, 9.17) is 23.2 Å². The molecule has 0 atom stereocenters. The van der Waals surface area contributed by atoms with Crippen molar-refractivity contribution in [2.45, 2.75) is 0 Å². The van der Waals surface area contributed by atoms with Gasteiger partial charge in [0.15, 0.2) is 0 Å². The van der Waals surface area contributed by atoms with Crippen molar-refractivity contribution in [1.82, 2.24) is 9.80 Å². The van der Waals surface area contributed by atoms with Gasteiger partial charge in [0.1, 0.15) is 0 Å². The lowest BCUT2D eigenvalue weighted by Gasteiger charge is -2.32. The van der Waals surface area contributed by atoms with E-state index in [0.717, 1.165) is 42.9 Å². The molecular formula is C20H20Cl2N2O. The van der Waals surface area contributed by atoms with E-state index in [-0.39, 0.29) is 5.91 Å². The minimum Gasteiger partial charge on any atom is -0.337 e. The molecule has 0 saturated carbocycles. The number of hydrogen-bond donors (Lipinski definition) is 0. The summed E-state index contributed by atoms with van der Waals surface area (Å²) in [5.41, 5.74) is 2.78. The number of nitrogens with zero attached hydrogens (tertiary/aromatic N) is 2. The number of benzene rings is 2. The van der Waals surface area contributed by atoms with E-state index in [1.165, 1.54) is 0 Å². The molecule has 0 spiro atoms. The van der Waals surface area contributed by atoms with Crippen LogP contribution in [0.4, 0.5) is 0 Å². The molecule has 5 heteroatoms. The third-order valence-electron chi connectivity index (χ3n) is 4.39. The Kier molecular flexibility index (Phi) is 5.79. The van der Waals surface area contributed by atoms with Gasteiger partial charge in [-0.05, 0) is 48.0 Å². The first-order chi connectivity index (χ1) is 12.0. The zero-order chi connectivity index (χ0) is 17.8. The fraction of sp³-hybridized carbons (Fsp3) is 0.250. The van der Waals surface area contributed by atoms with Crippen LogP contribution in [0.25, 0.3) is 5.57 Å². The van der Waals surface area contributed by atoms with E-state index < -0.39 is 0 Å². The summed E-state index contributed by atoms with van der Waals surface area (Å²) in [4.78, 5) is 16.9. The molecule has 1 saturated heterocycles. The molecule has 3 nitrogen and oxygen atoms in total. The van der Waals surface area contributed by atoms with Crippen molar-refractivity contribution in [3.05, 3.63) is 75.8 Å². The van der Waals surface area contributed by atoms with Crippen molar-refractivity contribution in [3.63, 3.8) is 0 Å². The van der Waals surface area contributed by atoms with Crippen LogP contribution < -0.4 is 0 Å². The van der Waals surface area contributed by atoms with Crippen LogP contribution in [0, 0.1) is 0 Å². The summed E-state index contributed by atoms with van der Waals surface area (Å²) >= 11 is 12.0. The zero-order valence-corrected chi connectivity index (χ0v) is 15.6. The summed E-state index contributed by atoms with van der Waals surface area (Å²) in [6.45, 7) is 3.30. The van der Waals surface area contributed by atoms with E-state index >= 15 is 0 Å². The van der Waals surface area contributed by atoms with Crippen molar-refractivity contribution in [2.75, 3.05) is 33.2 Å². The molecule has 0 radical (unpaired) electrons. The second kappa shape index (κ2) is 8.05. The highest BCUT2D eigenvalue weighted by atomic mass is 35.5. The highest BCUT2D eigenvalue weighted by molar-refractivity contribution is 6.31. The van der Waals surface area contributed by atoms with Crippen molar-refractivity contribution in [2.24, 2.45) is 0 Å². The predicted octanol–water partition coefficient (Wildman–Crippen LogP) is 4.20. The van der Waals surface area contributed by atoms with Gasteiger partial charge in [-0.2, -0.15) is 0 Å². The molecular weight excluding hydrogens is 355 g/mol. The minimum absolute atomic E-state index is 0.0352. The summed E-state index contributed by atoms with van der Waals surface area (Å²) in [5, 5.41) is 1.34. The molecule has 2 aromatic rings. The Morgan fingerprint density at radius 3 is 1.72 bits per heavy atom. The van der Waals surface area contributed by atoms with Crippen molar-refractivity contribution in [3.8, 4) is 0 Å². The fourth-order valence-corrected chi connectivity index (χ4v) is 3.09. The number of likely N-dealkylation sites (N-methyl/N-ethyl adjacent to an activating group) is 1. The van der Waals surface area contributed by atoms with Crippen LogP contribution in [0.1, 0.15) is 11.1 Å². The normalized spacial score (nSPS) is 15.1. The summed E-state index contributed by atoms with van der Waals surface area (Å²) in [5.74, 6) is 0.0352. The molecule has 25 heavy (non-hydrogen) atoms. The smallest absolute Gasteiger partial charge is 0.247 e. The molecule has 1 heterocycles. The lowest BCUT2D eigenvalue weighted by molar-refractivity contribution is -0.127. The van der Waals surface area contributed by atoms with Crippen LogP contribution in [0.15, 0.2) is 54.6 Å². The average Bonchev–Trinajstić information content (AvgIpc) is 2.62. The summed E-state index contributed by atoms with van der Waals surface area (Å²) in [7, 11) is 2.07. The Morgan fingerprint density at radius 1 is 0.840 bits per heavy atom. The SMILES string of the molecule is CN1CCN(C(=O)C=C(c2ccc(Cl)cc2)c2ccc(Cl)cc2)CC1. The lowest BCUT2D eigenvalue weighted by atomic mass is 9.97. The molecule has 1 aliphatic heterocycles. The Hall–Kier alpha value is -1.81. The number of hydrogen-bond acceptors (Lipinski definition) is 2. The molecule has 2 aromatic carbocycles. The number of carbonyl (C=O) groups excluding carboxylic acids is 1. The summed E-state index contributed by atoms with van der Waals surface area (Å²) in [6, 6.07) is 15.1. The van der Waals surface area contributed by atoms with Crippen LogP contribution in [-0.4, -0.2) is 48.9 Å². The van der Waals surface area contributed by atoms with Crippen LogP contribution in [0.5, 0.6) is 0 Å². The van der Waals surface area contributed by atoms with E-state index in [2.05, 4.69) is 11.9 Å². The summed E-state index contributed by atoms with van der Waals surface area (Å²) < 4.78 is 0. The van der Waals surface area contributed by atoms with Crippen molar-refractivity contribution in [1.29, 1.82) is 0 Å². The largest absolute Gasteiger partial charge is 0.337 e. The molecule has 0 aliphatic carbocycles. The number of rotatable bonds is 3. The van der Waals surface area contributed by atoms with Crippen LogP contribution in [0.3, 0.4) is 0 Å². The number of carbonyl (C=O) groups is 1. The number of amides is 1. The Morgan fingerprint density at radius 2 is 1.28 bits per heavy atom. The minimum atomic E-state index is 0.0352. The quantitative estimate of drug-likeness (QED) is 0.751.